The summed E-state index contributed by atoms with van der Waals surface area (Å²) in [6.07, 6.45) is 3.22. The number of hydrogen-bond donors (Lipinski definition) is 1. The van der Waals surface area contributed by atoms with E-state index in [0.29, 0.717) is 11.4 Å². The summed E-state index contributed by atoms with van der Waals surface area (Å²) in [7, 11) is 0. The molecule has 3 rings (SSSR count). The van der Waals surface area contributed by atoms with Crippen LogP contribution < -0.4 is 10.2 Å². The Morgan fingerprint density at radius 3 is 2.27 bits per heavy atom. The molecular weight excluding hydrogens is 463 g/mol. The van der Waals surface area contributed by atoms with Crippen LogP contribution in [0.4, 0.5) is 11.4 Å². The third-order valence-corrected chi connectivity index (χ3v) is 5.22. The van der Waals surface area contributed by atoms with Crippen molar-refractivity contribution in [2.24, 2.45) is 0 Å². The van der Waals surface area contributed by atoms with Gasteiger partial charge in [-0.3, -0.25) is 9.59 Å². The fourth-order valence-corrected chi connectivity index (χ4v) is 3.29. The van der Waals surface area contributed by atoms with E-state index in [9.17, 15) is 9.59 Å². The lowest BCUT2D eigenvalue weighted by Gasteiger charge is -2.15. The topological polar surface area (TPSA) is 49.4 Å². The first-order valence-electron chi connectivity index (χ1n) is 8.41. The Morgan fingerprint density at radius 1 is 1.00 bits per heavy atom. The van der Waals surface area contributed by atoms with Gasteiger partial charge in [0.1, 0.15) is 10.7 Å². The molecule has 0 bridgehead atoms. The van der Waals surface area contributed by atoms with Crippen LogP contribution in [0.3, 0.4) is 0 Å². The molecule has 0 aromatic heterocycles. The molecule has 0 fully saturated rings. The second kappa shape index (κ2) is 8.22. The number of imide groups is 1. The molecule has 6 heteroatoms. The monoisotopic (exact) mass is 480 g/mol. The number of carbonyl (C=O) groups excluding carboxylic acids is 2. The van der Waals surface area contributed by atoms with Crippen LogP contribution in [0.25, 0.3) is 0 Å². The van der Waals surface area contributed by atoms with Crippen LogP contribution in [0.1, 0.15) is 25.3 Å². The zero-order chi connectivity index (χ0) is 18.7. The Balaban J connectivity index is 1.80. The summed E-state index contributed by atoms with van der Waals surface area (Å²) < 4.78 is 1.08. The molecule has 26 heavy (non-hydrogen) atoms. The van der Waals surface area contributed by atoms with Crippen LogP contribution in [0.15, 0.2) is 59.3 Å². The van der Waals surface area contributed by atoms with Gasteiger partial charge < -0.3 is 5.32 Å². The zero-order valence-electron chi connectivity index (χ0n) is 14.3. The smallest absolute Gasteiger partial charge is 0.283 e. The number of aryl methyl sites for hydroxylation is 1. The molecule has 2 aromatic rings. The quantitative estimate of drug-likeness (QED) is 0.464. The van der Waals surface area contributed by atoms with Crippen molar-refractivity contribution in [3.8, 4) is 0 Å². The molecule has 0 radical (unpaired) electrons. The number of benzene rings is 2. The number of rotatable bonds is 6. The SMILES string of the molecule is CCCCc1ccc(N2C(=O)C(Cl)=C(Nc3ccc(I)cc3)C2=O)cc1. The summed E-state index contributed by atoms with van der Waals surface area (Å²) in [6.45, 7) is 2.14. The number of amides is 2. The molecule has 1 aliphatic heterocycles. The van der Waals surface area contributed by atoms with Crippen LogP contribution in [0, 0.1) is 3.57 Å². The van der Waals surface area contributed by atoms with Crippen molar-refractivity contribution in [1.29, 1.82) is 0 Å². The van der Waals surface area contributed by atoms with Gasteiger partial charge in [0.25, 0.3) is 11.8 Å². The molecule has 1 heterocycles. The van der Waals surface area contributed by atoms with Gasteiger partial charge in [0.2, 0.25) is 0 Å². The number of nitrogens with zero attached hydrogens (tertiary/aromatic N) is 1. The lowest BCUT2D eigenvalue weighted by Crippen LogP contribution is -2.32. The van der Waals surface area contributed by atoms with Crippen molar-refractivity contribution in [3.63, 3.8) is 0 Å². The third-order valence-electron chi connectivity index (χ3n) is 4.15. The van der Waals surface area contributed by atoms with Crippen LogP contribution in [-0.4, -0.2) is 11.8 Å². The summed E-state index contributed by atoms with van der Waals surface area (Å²) >= 11 is 8.35. The molecule has 1 N–H and O–H groups in total. The van der Waals surface area contributed by atoms with E-state index in [2.05, 4.69) is 34.8 Å². The highest BCUT2D eigenvalue weighted by atomic mass is 127. The van der Waals surface area contributed by atoms with Crippen molar-refractivity contribution in [2.45, 2.75) is 26.2 Å². The van der Waals surface area contributed by atoms with Crippen LogP contribution in [0.5, 0.6) is 0 Å². The van der Waals surface area contributed by atoms with E-state index < -0.39 is 11.8 Å². The molecule has 134 valence electrons. The fraction of sp³-hybridized carbons (Fsp3) is 0.200. The molecule has 0 saturated carbocycles. The van der Waals surface area contributed by atoms with Gasteiger partial charge in [0.15, 0.2) is 0 Å². The first kappa shape index (κ1) is 18.9. The number of halogens is 2. The summed E-state index contributed by atoms with van der Waals surface area (Å²) in [5.41, 5.74) is 2.52. The fourth-order valence-electron chi connectivity index (χ4n) is 2.72. The summed E-state index contributed by atoms with van der Waals surface area (Å²) in [4.78, 5) is 26.4. The normalized spacial score (nSPS) is 14.3. The average molecular weight is 481 g/mol. The van der Waals surface area contributed by atoms with Gasteiger partial charge in [0.05, 0.1) is 5.69 Å². The van der Waals surface area contributed by atoms with Gasteiger partial charge in [0, 0.05) is 9.26 Å². The standard InChI is InChI=1S/C20H18ClIN2O2/c1-2-3-4-13-5-11-16(12-6-13)24-19(25)17(21)18(20(24)26)23-15-9-7-14(22)8-10-15/h5-12,23H,2-4H2,1H3. The largest absolute Gasteiger partial charge is 0.350 e. The Hall–Kier alpha value is -1.86. The van der Waals surface area contributed by atoms with Crippen molar-refractivity contribution in [2.75, 3.05) is 10.2 Å². The number of carbonyl (C=O) groups is 2. The second-order valence-corrected chi connectivity index (χ2v) is 7.66. The Bertz CT molecular complexity index is 860. The van der Waals surface area contributed by atoms with Gasteiger partial charge in [-0.25, -0.2) is 4.90 Å². The molecule has 4 nitrogen and oxygen atoms in total. The molecule has 2 aromatic carbocycles. The van der Waals surface area contributed by atoms with E-state index >= 15 is 0 Å². The Morgan fingerprint density at radius 2 is 1.65 bits per heavy atom. The molecule has 0 saturated heterocycles. The Labute approximate surface area is 171 Å². The molecule has 1 aliphatic rings. The van der Waals surface area contributed by atoms with E-state index in [4.69, 9.17) is 11.6 Å². The maximum Gasteiger partial charge on any atom is 0.283 e. The highest BCUT2D eigenvalue weighted by Crippen LogP contribution is 2.30. The van der Waals surface area contributed by atoms with Crippen molar-refractivity contribution in [3.05, 3.63) is 68.4 Å². The van der Waals surface area contributed by atoms with Crippen LogP contribution >= 0.6 is 34.2 Å². The third kappa shape index (κ3) is 3.94. The van der Waals surface area contributed by atoms with E-state index in [0.717, 1.165) is 27.7 Å². The minimum atomic E-state index is -0.508. The van der Waals surface area contributed by atoms with Gasteiger partial charge in [-0.1, -0.05) is 37.1 Å². The summed E-state index contributed by atoms with van der Waals surface area (Å²) in [5.74, 6) is -0.953. The molecule has 0 spiro atoms. The van der Waals surface area contributed by atoms with Crippen molar-refractivity contribution >= 4 is 57.4 Å². The Kier molecular flexibility index (Phi) is 5.98. The second-order valence-electron chi connectivity index (χ2n) is 6.04. The van der Waals surface area contributed by atoms with E-state index in [1.165, 1.54) is 5.56 Å². The summed E-state index contributed by atoms with van der Waals surface area (Å²) in [5, 5.41) is 2.88. The first-order chi connectivity index (χ1) is 12.5. The van der Waals surface area contributed by atoms with Gasteiger partial charge in [-0.2, -0.15) is 0 Å². The van der Waals surface area contributed by atoms with Crippen molar-refractivity contribution in [1.82, 2.24) is 0 Å². The number of anilines is 2. The van der Waals surface area contributed by atoms with E-state index in [1.54, 1.807) is 12.1 Å². The number of hydrogen-bond acceptors (Lipinski definition) is 3. The van der Waals surface area contributed by atoms with Gasteiger partial charge in [-0.05, 0) is 77.4 Å². The predicted octanol–water partition coefficient (Wildman–Crippen LogP) is 5.07. The first-order valence-corrected chi connectivity index (χ1v) is 9.87. The van der Waals surface area contributed by atoms with E-state index in [-0.39, 0.29) is 10.7 Å². The molecular formula is C20H18ClIN2O2. The van der Waals surface area contributed by atoms with Crippen LogP contribution in [-0.2, 0) is 16.0 Å². The minimum Gasteiger partial charge on any atom is -0.350 e. The lowest BCUT2D eigenvalue weighted by molar-refractivity contribution is -0.120. The molecule has 2 amide bonds. The highest BCUT2D eigenvalue weighted by Gasteiger charge is 2.38. The average Bonchev–Trinajstić information content (AvgIpc) is 2.86. The van der Waals surface area contributed by atoms with Gasteiger partial charge in [-0.15, -0.1) is 0 Å². The minimum absolute atomic E-state index is 0.0939. The molecule has 0 unspecified atom stereocenters. The van der Waals surface area contributed by atoms with Crippen LogP contribution in [0.2, 0.25) is 0 Å². The maximum absolute atomic E-state index is 12.8. The predicted molar refractivity (Wildman–Crippen MR) is 113 cm³/mol. The number of unbranched alkanes of at least 4 members (excludes halogenated alkanes) is 1. The van der Waals surface area contributed by atoms with E-state index in [1.807, 2.05) is 36.4 Å². The maximum atomic E-state index is 12.8. The number of nitrogens with one attached hydrogen (secondary N) is 1. The van der Waals surface area contributed by atoms with Gasteiger partial charge >= 0.3 is 0 Å². The lowest BCUT2D eigenvalue weighted by atomic mass is 10.1. The molecule has 0 aliphatic carbocycles. The van der Waals surface area contributed by atoms with Crippen molar-refractivity contribution < 1.29 is 9.59 Å². The zero-order valence-corrected chi connectivity index (χ0v) is 17.2. The molecule has 0 atom stereocenters. The summed E-state index contributed by atoms with van der Waals surface area (Å²) in [6, 6.07) is 15.0. The highest BCUT2D eigenvalue weighted by molar-refractivity contribution is 14.1.